The predicted molar refractivity (Wildman–Crippen MR) is 87.3 cm³/mol. The summed E-state index contributed by atoms with van der Waals surface area (Å²) in [5, 5.41) is 0. The van der Waals surface area contributed by atoms with E-state index in [1.54, 1.807) is 6.08 Å². The van der Waals surface area contributed by atoms with E-state index in [-0.39, 0.29) is 18.0 Å². The highest BCUT2D eigenvalue weighted by atomic mass is 16.6. The maximum Gasteiger partial charge on any atom is 0.363 e. The Labute approximate surface area is 136 Å². The number of benzene rings is 1. The Kier molecular flexibility index (Phi) is 4.76. The molecule has 0 radical (unpaired) electrons. The second-order valence-electron chi connectivity index (χ2n) is 5.99. The lowest BCUT2D eigenvalue weighted by Crippen LogP contribution is -2.24. The van der Waals surface area contributed by atoms with E-state index in [2.05, 4.69) is 4.99 Å². The lowest BCUT2D eigenvalue weighted by atomic mass is 10.0. The van der Waals surface area contributed by atoms with Crippen LogP contribution in [-0.4, -0.2) is 31.2 Å². The van der Waals surface area contributed by atoms with Crippen LogP contribution in [0.1, 0.15) is 32.3 Å². The molecule has 23 heavy (non-hydrogen) atoms. The third-order valence-corrected chi connectivity index (χ3v) is 3.76. The van der Waals surface area contributed by atoms with Gasteiger partial charge in [0.25, 0.3) is 0 Å². The molecule has 0 atom stereocenters. The summed E-state index contributed by atoms with van der Waals surface area (Å²) in [4.78, 5) is 16.4. The normalized spacial score (nSPS) is 20.7. The molecule has 0 amide bonds. The monoisotopic (exact) mass is 315 g/mol. The summed E-state index contributed by atoms with van der Waals surface area (Å²) >= 11 is 0. The molecule has 0 aliphatic carbocycles. The molecule has 1 aromatic rings. The SMILES string of the molecule is CC(C)Oc1ccc(/C=C2/N=C(C3CCOCC3)OC2=O)cc1. The van der Waals surface area contributed by atoms with Crippen LogP contribution in [0.3, 0.4) is 0 Å². The summed E-state index contributed by atoms with van der Waals surface area (Å²) in [6.45, 7) is 5.35. The zero-order valence-corrected chi connectivity index (χ0v) is 13.5. The van der Waals surface area contributed by atoms with Crippen molar-refractivity contribution in [2.45, 2.75) is 32.8 Å². The van der Waals surface area contributed by atoms with Crippen molar-refractivity contribution in [2.24, 2.45) is 10.9 Å². The van der Waals surface area contributed by atoms with Crippen molar-refractivity contribution in [2.75, 3.05) is 13.2 Å². The summed E-state index contributed by atoms with van der Waals surface area (Å²) in [6, 6.07) is 7.57. The molecule has 5 heteroatoms. The van der Waals surface area contributed by atoms with E-state index in [0.717, 1.165) is 24.2 Å². The molecule has 2 heterocycles. The summed E-state index contributed by atoms with van der Waals surface area (Å²) in [5.41, 5.74) is 1.24. The lowest BCUT2D eigenvalue weighted by Gasteiger charge is -2.20. The van der Waals surface area contributed by atoms with Crippen LogP contribution in [0.25, 0.3) is 6.08 Å². The number of carbonyl (C=O) groups excluding carboxylic acids is 1. The fourth-order valence-electron chi connectivity index (χ4n) is 2.62. The van der Waals surface area contributed by atoms with Crippen molar-refractivity contribution in [3.63, 3.8) is 0 Å². The maximum absolute atomic E-state index is 12.0. The van der Waals surface area contributed by atoms with Gasteiger partial charge < -0.3 is 14.2 Å². The average molecular weight is 315 g/mol. The van der Waals surface area contributed by atoms with Crippen LogP contribution in [0.2, 0.25) is 0 Å². The van der Waals surface area contributed by atoms with E-state index in [0.29, 0.717) is 24.8 Å². The van der Waals surface area contributed by atoms with Gasteiger partial charge in [-0.2, -0.15) is 0 Å². The van der Waals surface area contributed by atoms with Gasteiger partial charge in [0, 0.05) is 19.1 Å². The van der Waals surface area contributed by atoms with Crippen LogP contribution in [0.15, 0.2) is 35.0 Å². The first kappa shape index (κ1) is 15.7. The van der Waals surface area contributed by atoms with Crippen LogP contribution >= 0.6 is 0 Å². The first-order valence-corrected chi connectivity index (χ1v) is 7.99. The number of aliphatic imine (C=N–C) groups is 1. The number of ether oxygens (including phenoxy) is 3. The van der Waals surface area contributed by atoms with Crippen LogP contribution in [0.4, 0.5) is 0 Å². The molecule has 5 nitrogen and oxygen atoms in total. The number of rotatable bonds is 4. The zero-order valence-electron chi connectivity index (χ0n) is 13.5. The topological polar surface area (TPSA) is 57.1 Å². The second-order valence-corrected chi connectivity index (χ2v) is 5.99. The van der Waals surface area contributed by atoms with Gasteiger partial charge in [0.1, 0.15) is 5.75 Å². The van der Waals surface area contributed by atoms with Crippen molar-refractivity contribution in [3.05, 3.63) is 35.5 Å². The number of esters is 1. The van der Waals surface area contributed by atoms with E-state index >= 15 is 0 Å². The summed E-state index contributed by atoms with van der Waals surface area (Å²) in [7, 11) is 0. The van der Waals surface area contributed by atoms with Gasteiger partial charge in [0.05, 0.1) is 6.10 Å². The van der Waals surface area contributed by atoms with E-state index in [9.17, 15) is 4.79 Å². The molecule has 0 saturated carbocycles. The van der Waals surface area contributed by atoms with Gasteiger partial charge in [-0.3, -0.25) is 0 Å². The Hall–Kier alpha value is -2.14. The summed E-state index contributed by atoms with van der Waals surface area (Å²) < 4.78 is 16.3. The highest BCUT2D eigenvalue weighted by Gasteiger charge is 2.30. The minimum Gasteiger partial charge on any atom is -0.491 e. The molecule has 0 aromatic heterocycles. The molecule has 2 aliphatic heterocycles. The van der Waals surface area contributed by atoms with E-state index < -0.39 is 0 Å². The average Bonchev–Trinajstić information content (AvgIpc) is 2.91. The van der Waals surface area contributed by atoms with Gasteiger partial charge in [0.2, 0.25) is 5.90 Å². The largest absolute Gasteiger partial charge is 0.491 e. The van der Waals surface area contributed by atoms with Crippen LogP contribution < -0.4 is 4.74 Å². The Bertz CT molecular complexity index is 625. The van der Waals surface area contributed by atoms with Gasteiger partial charge in [-0.15, -0.1) is 0 Å². The lowest BCUT2D eigenvalue weighted by molar-refractivity contribution is -0.130. The summed E-state index contributed by atoms with van der Waals surface area (Å²) in [6.07, 6.45) is 3.57. The van der Waals surface area contributed by atoms with Gasteiger partial charge >= 0.3 is 5.97 Å². The zero-order chi connectivity index (χ0) is 16.2. The first-order valence-electron chi connectivity index (χ1n) is 7.99. The van der Waals surface area contributed by atoms with Crippen molar-refractivity contribution in [1.82, 2.24) is 0 Å². The smallest absolute Gasteiger partial charge is 0.363 e. The van der Waals surface area contributed by atoms with Crippen molar-refractivity contribution in [1.29, 1.82) is 0 Å². The van der Waals surface area contributed by atoms with Crippen molar-refractivity contribution < 1.29 is 19.0 Å². The molecule has 1 saturated heterocycles. The Morgan fingerprint density at radius 1 is 1.22 bits per heavy atom. The minimum absolute atomic E-state index is 0.135. The Morgan fingerprint density at radius 3 is 2.57 bits per heavy atom. The highest BCUT2D eigenvalue weighted by molar-refractivity contribution is 6.07. The van der Waals surface area contributed by atoms with Gasteiger partial charge in [0.15, 0.2) is 5.70 Å². The molecular weight excluding hydrogens is 294 g/mol. The van der Waals surface area contributed by atoms with E-state index in [4.69, 9.17) is 14.2 Å². The fraction of sp³-hybridized carbons (Fsp3) is 0.444. The molecule has 2 aliphatic rings. The number of hydrogen-bond donors (Lipinski definition) is 0. The third-order valence-electron chi connectivity index (χ3n) is 3.76. The summed E-state index contributed by atoms with van der Waals surface area (Å²) in [5.74, 6) is 1.14. The highest BCUT2D eigenvalue weighted by Crippen LogP contribution is 2.25. The van der Waals surface area contributed by atoms with Crippen LogP contribution in [0, 0.1) is 5.92 Å². The van der Waals surface area contributed by atoms with Gasteiger partial charge in [-0.05, 0) is 50.5 Å². The van der Waals surface area contributed by atoms with Crippen LogP contribution in [0.5, 0.6) is 5.75 Å². The predicted octanol–water partition coefficient (Wildman–Crippen LogP) is 3.20. The molecule has 0 unspecified atom stereocenters. The van der Waals surface area contributed by atoms with Crippen LogP contribution in [-0.2, 0) is 14.3 Å². The van der Waals surface area contributed by atoms with E-state index in [1.807, 2.05) is 38.1 Å². The number of cyclic esters (lactones) is 1. The van der Waals surface area contributed by atoms with Crippen molar-refractivity contribution in [3.8, 4) is 5.75 Å². The molecule has 1 fully saturated rings. The fourth-order valence-corrected chi connectivity index (χ4v) is 2.62. The molecule has 0 spiro atoms. The molecule has 0 N–H and O–H groups in total. The standard InChI is InChI=1S/C18H21NO4/c1-12(2)22-15-5-3-13(4-6-15)11-16-18(20)23-17(19-16)14-7-9-21-10-8-14/h3-6,11-12,14H,7-10H2,1-2H3/b16-11+. The third kappa shape index (κ3) is 3.99. The van der Waals surface area contributed by atoms with E-state index in [1.165, 1.54) is 0 Å². The number of hydrogen-bond acceptors (Lipinski definition) is 5. The molecule has 1 aromatic carbocycles. The minimum atomic E-state index is -0.381. The Morgan fingerprint density at radius 2 is 1.91 bits per heavy atom. The van der Waals surface area contributed by atoms with Crippen molar-refractivity contribution >= 4 is 17.9 Å². The molecule has 0 bridgehead atoms. The quantitative estimate of drug-likeness (QED) is 0.632. The Balaban J connectivity index is 1.73. The number of carbonyl (C=O) groups is 1. The number of nitrogens with zero attached hydrogens (tertiary/aromatic N) is 1. The van der Waals surface area contributed by atoms with Gasteiger partial charge in [-0.1, -0.05) is 12.1 Å². The van der Waals surface area contributed by atoms with Gasteiger partial charge in [-0.25, -0.2) is 9.79 Å². The molecule has 122 valence electrons. The molecular formula is C18H21NO4. The first-order chi connectivity index (χ1) is 11.1. The second kappa shape index (κ2) is 6.96. The molecule has 3 rings (SSSR count). The maximum atomic E-state index is 12.0.